The highest BCUT2D eigenvalue weighted by atomic mass is 32.1. The Hall–Kier alpha value is -1.66. The molecule has 0 aliphatic carbocycles. The molecule has 18 heavy (non-hydrogen) atoms. The molecular formula is C12H16N4OS. The predicted octanol–water partition coefficient (Wildman–Crippen LogP) is 1.14. The van der Waals surface area contributed by atoms with E-state index in [1.807, 2.05) is 30.1 Å². The van der Waals surface area contributed by atoms with E-state index in [0.29, 0.717) is 5.56 Å². The van der Waals surface area contributed by atoms with Crippen LogP contribution in [0.1, 0.15) is 20.8 Å². The van der Waals surface area contributed by atoms with E-state index in [0.717, 1.165) is 24.5 Å². The SMILES string of the molecule is Cc1cnn(CCNCc2cc(C(N)=O)cs2)c1. The van der Waals surface area contributed by atoms with Crippen LogP contribution in [0.25, 0.3) is 0 Å². The molecule has 0 aliphatic heterocycles. The van der Waals surface area contributed by atoms with Crippen molar-refractivity contribution in [2.45, 2.75) is 20.0 Å². The van der Waals surface area contributed by atoms with E-state index < -0.39 is 0 Å². The van der Waals surface area contributed by atoms with E-state index in [-0.39, 0.29) is 5.91 Å². The number of carbonyl (C=O) groups excluding carboxylic acids is 1. The highest BCUT2D eigenvalue weighted by Gasteiger charge is 2.04. The molecule has 0 aliphatic rings. The van der Waals surface area contributed by atoms with Crippen LogP contribution in [0.4, 0.5) is 0 Å². The minimum absolute atomic E-state index is 0.371. The van der Waals surface area contributed by atoms with Crippen LogP contribution in [-0.4, -0.2) is 22.2 Å². The standard InChI is InChI=1S/C12H16N4OS/c1-9-5-15-16(7-9)3-2-14-6-11-4-10(8-18-11)12(13)17/h4-5,7-8,14H,2-3,6H2,1H3,(H2,13,17). The number of nitrogens with two attached hydrogens (primary N) is 1. The fourth-order valence-electron chi connectivity index (χ4n) is 1.60. The lowest BCUT2D eigenvalue weighted by Crippen LogP contribution is -2.19. The number of nitrogens with one attached hydrogen (secondary N) is 1. The van der Waals surface area contributed by atoms with E-state index in [1.165, 1.54) is 5.56 Å². The van der Waals surface area contributed by atoms with Crippen LogP contribution in [0.5, 0.6) is 0 Å². The Kier molecular flexibility index (Phi) is 4.11. The maximum atomic E-state index is 10.9. The zero-order valence-electron chi connectivity index (χ0n) is 10.2. The lowest BCUT2D eigenvalue weighted by molar-refractivity contribution is 0.100. The van der Waals surface area contributed by atoms with Crippen LogP contribution in [0.3, 0.4) is 0 Å². The van der Waals surface area contributed by atoms with Crippen LogP contribution in [0.2, 0.25) is 0 Å². The first kappa shape index (κ1) is 12.8. The first-order chi connectivity index (χ1) is 8.65. The molecule has 0 saturated carbocycles. The molecule has 2 rings (SSSR count). The van der Waals surface area contributed by atoms with Gasteiger partial charge in [0.05, 0.1) is 18.3 Å². The zero-order valence-corrected chi connectivity index (χ0v) is 11.0. The Balaban J connectivity index is 1.73. The van der Waals surface area contributed by atoms with Crippen molar-refractivity contribution in [1.82, 2.24) is 15.1 Å². The van der Waals surface area contributed by atoms with Crippen LogP contribution < -0.4 is 11.1 Å². The fourth-order valence-corrected chi connectivity index (χ4v) is 2.44. The molecule has 2 heterocycles. The molecule has 96 valence electrons. The number of carbonyl (C=O) groups is 1. The molecule has 0 saturated heterocycles. The quantitative estimate of drug-likeness (QED) is 0.768. The molecule has 1 amide bonds. The lowest BCUT2D eigenvalue weighted by Gasteiger charge is -2.03. The van der Waals surface area contributed by atoms with E-state index in [9.17, 15) is 4.79 Å². The number of hydrogen-bond donors (Lipinski definition) is 2. The maximum absolute atomic E-state index is 10.9. The van der Waals surface area contributed by atoms with Crippen molar-refractivity contribution in [2.75, 3.05) is 6.54 Å². The van der Waals surface area contributed by atoms with Gasteiger partial charge in [-0.1, -0.05) is 0 Å². The van der Waals surface area contributed by atoms with Gasteiger partial charge in [0.1, 0.15) is 0 Å². The zero-order chi connectivity index (χ0) is 13.0. The van der Waals surface area contributed by atoms with Gasteiger partial charge in [-0.2, -0.15) is 5.10 Å². The van der Waals surface area contributed by atoms with E-state index in [1.54, 1.807) is 16.7 Å². The first-order valence-electron chi connectivity index (χ1n) is 5.72. The molecule has 0 bridgehead atoms. The fraction of sp³-hybridized carbons (Fsp3) is 0.333. The lowest BCUT2D eigenvalue weighted by atomic mass is 10.3. The van der Waals surface area contributed by atoms with Gasteiger partial charge in [-0.3, -0.25) is 9.48 Å². The monoisotopic (exact) mass is 264 g/mol. The van der Waals surface area contributed by atoms with Crippen molar-refractivity contribution < 1.29 is 4.79 Å². The Labute approximate surface area is 110 Å². The minimum Gasteiger partial charge on any atom is -0.366 e. The molecule has 2 aromatic rings. The van der Waals surface area contributed by atoms with E-state index >= 15 is 0 Å². The number of hydrogen-bond acceptors (Lipinski definition) is 4. The molecule has 0 aromatic carbocycles. The molecule has 5 nitrogen and oxygen atoms in total. The minimum atomic E-state index is -0.371. The van der Waals surface area contributed by atoms with Crippen LogP contribution >= 0.6 is 11.3 Å². The number of aromatic nitrogens is 2. The van der Waals surface area contributed by atoms with Gasteiger partial charge in [-0.25, -0.2) is 0 Å². The second kappa shape index (κ2) is 5.79. The largest absolute Gasteiger partial charge is 0.366 e. The third-order valence-corrected chi connectivity index (χ3v) is 3.45. The van der Waals surface area contributed by atoms with Gasteiger partial charge in [0.15, 0.2) is 0 Å². The smallest absolute Gasteiger partial charge is 0.249 e. The summed E-state index contributed by atoms with van der Waals surface area (Å²) < 4.78 is 1.91. The summed E-state index contributed by atoms with van der Waals surface area (Å²) in [5.74, 6) is -0.371. The highest BCUT2D eigenvalue weighted by Crippen LogP contribution is 2.13. The Morgan fingerprint density at radius 2 is 2.44 bits per heavy atom. The number of aryl methyl sites for hydroxylation is 1. The molecule has 0 fully saturated rings. The maximum Gasteiger partial charge on any atom is 0.249 e. The molecule has 0 radical (unpaired) electrons. The number of amides is 1. The number of rotatable bonds is 6. The highest BCUT2D eigenvalue weighted by molar-refractivity contribution is 7.10. The molecule has 2 aromatic heterocycles. The second-order valence-electron chi connectivity index (χ2n) is 4.12. The van der Waals surface area contributed by atoms with Crippen molar-refractivity contribution in [3.8, 4) is 0 Å². The van der Waals surface area contributed by atoms with Crippen molar-refractivity contribution in [2.24, 2.45) is 5.73 Å². The average molecular weight is 264 g/mol. The molecule has 3 N–H and O–H groups in total. The number of thiophene rings is 1. The molecule has 0 atom stereocenters. The molecular weight excluding hydrogens is 248 g/mol. The third kappa shape index (κ3) is 3.41. The number of nitrogens with zero attached hydrogens (tertiary/aromatic N) is 2. The normalized spacial score (nSPS) is 10.7. The van der Waals surface area contributed by atoms with Crippen LogP contribution in [-0.2, 0) is 13.1 Å². The summed E-state index contributed by atoms with van der Waals surface area (Å²) in [6.45, 7) is 4.44. The van der Waals surface area contributed by atoms with Gasteiger partial charge in [0, 0.05) is 29.5 Å². The Morgan fingerprint density at radius 3 is 3.06 bits per heavy atom. The Morgan fingerprint density at radius 1 is 1.61 bits per heavy atom. The summed E-state index contributed by atoms with van der Waals surface area (Å²) in [7, 11) is 0. The van der Waals surface area contributed by atoms with Crippen molar-refractivity contribution in [3.63, 3.8) is 0 Å². The van der Waals surface area contributed by atoms with Gasteiger partial charge >= 0.3 is 0 Å². The summed E-state index contributed by atoms with van der Waals surface area (Å²) in [5.41, 5.74) is 6.94. The van der Waals surface area contributed by atoms with Gasteiger partial charge in [0.2, 0.25) is 5.91 Å². The predicted molar refractivity (Wildman–Crippen MR) is 71.5 cm³/mol. The van der Waals surface area contributed by atoms with Gasteiger partial charge in [-0.05, 0) is 18.6 Å². The van der Waals surface area contributed by atoms with Gasteiger partial charge in [0.25, 0.3) is 0 Å². The summed E-state index contributed by atoms with van der Waals surface area (Å²) in [6, 6.07) is 1.83. The average Bonchev–Trinajstić information content (AvgIpc) is 2.93. The number of primary amides is 1. The summed E-state index contributed by atoms with van der Waals surface area (Å²) in [5, 5.41) is 9.30. The summed E-state index contributed by atoms with van der Waals surface area (Å²) in [6.07, 6.45) is 3.86. The first-order valence-corrected chi connectivity index (χ1v) is 6.60. The van der Waals surface area contributed by atoms with Crippen LogP contribution in [0.15, 0.2) is 23.8 Å². The second-order valence-corrected chi connectivity index (χ2v) is 5.12. The summed E-state index contributed by atoms with van der Waals surface area (Å²) >= 11 is 1.54. The van der Waals surface area contributed by atoms with E-state index in [4.69, 9.17) is 5.73 Å². The van der Waals surface area contributed by atoms with Crippen molar-refractivity contribution in [1.29, 1.82) is 0 Å². The van der Waals surface area contributed by atoms with Crippen LogP contribution in [0, 0.1) is 6.92 Å². The topological polar surface area (TPSA) is 72.9 Å². The van der Waals surface area contributed by atoms with Gasteiger partial charge < -0.3 is 11.1 Å². The summed E-state index contributed by atoms with van der Waals surface area (Å²) in [4.78, 5) is 12.0. The van der Waals surface area contributed by atoms with Gasteiger partial charge in [-0.15, -0.1) is 11.3 Å². The third-order valence-electron chi connectivity index (χ3n) is 2.52. The Bertz CT molecular complexity index is 532. The molecule has 6 heteroatoms. The van der Waals surface area contributed by atoms with Crippen molar-refractivity contribution in [3.05, 3.63) is 39.8 Å². The van der Waals surface area contributed by atoms with E-state index in [2.05, 4.69) is 10.4 Å². The van der Waals surface area contributed by atoms with Crippen molar-refractivity contribution >= 4 is 17.2 Å². The molecule has 0 spiro atoms. The molecule has 0 unspecified atom stereocenters.